The average molecular weight is 305 g/mol. The van der Waals surface area contributed by atoms with Crippen molar-refractivity contribution >= 4 is 6.09 Å². The van der Waals surface area contributed by atoms with E-state index in [1.807, 2.05) is 36.1 Å². The lowest BCUT2D eigenvalue weighted by Crippen LogP contribution is -3.14. The lowest BCUT2D eigenvalue weighted by atomic mass is 10.1. The molecule has 120 valence electrons. The van der Waals surface area contributed by atoms with Gasteiger partial charge in [-0.05, 0) is 37.8 Å². The van der Waals surface area contributed by atoms with Crippen molar-refractivity contribution in [2.24, 2.45) is 0 Å². The fourth-order valence-corrected chi connectivity index (χ4v) is 3.17. The topological polar surface area (TPSA) is 43.2 Å². The molecule has 1 N–H and O–H groups in total. The number of cyclic esters (lactones) is 1. The first-order valence-corrected chi connectivity index (χ1v) is 8.20. The molecule has 0 saturated carbocycles. The van der Waals surface area contributed by atoms with Gasteiger partial charge in [-0.2, -0.15) is 0 Å². The lowest BCUT2D eigenvalue weighted by molar-refractivity contribution is -0.913. The number of carbonyl (C=O) groups excluding carboxylic acids is 1. The third-order valence-electron chi connectivity index (χ3n) is 4.44. The van der Waals surface area contributed by atoms with E-state index >= 15 is 0 Å². The molecule has 0 aliphatic carbocycles. The second-order valence-electron chi connectivity index (χ2n) is 6.27. The number of aryl methyl sites for hydroxylation is 1. The van der Waals surface area contributed by atoms with Crippen LogP contribution in [-0.4, -0.2) is 50.0 Å². The van der Waals surface area contributed by atoms with Gasteiger partial charge in [-0.3, -0.25) is 4.90 Å². The summed E-state index contributed by atoms with van der Waals surface area (Å²) in [6.45, 7) is 6.15. The maximum atomic E-state index is 12.0. The second kappa shape index (κ2) is 7.01. The van der Waals surface area contributed by atoms with E-state index in [2.05, 4.69) is 0 Å². The summed E-state index contributed by atoms with van der Waals surface area (Å²) >= 11 is 0. The molecular weight excluding hydrogens is 280 g/mol. The van der Waals surface area contributed by atoms with Gasteiger partial charge in [-0.25, -0.2) is 4.79 Å². The van der Waals surface area contributed by atoms with Crippen LogP contribution < -0.4 is 9.64 Å². The molecule has 1 aromatic carbocycles. The van der Waals surface area contributed by atoms with Gasteiger partial charge in [0.15, 0.2) is 12.8 Å². The Hall–Kier alpha value is -1.75. The standard InChI is InChI=1S/C17H24N2O3/c1-14-7-3-4-8-16(14)21-12-15-11-19(17(20)22-15)13-18-9-5-2-6-10-18/h3-4,7-8,15H,2,5-6,9-13H2,1H3/p+1/t15-/m1/s1. The van der Waals surface area contributed by atoms with Crippen LogP contribution in [0.1, 0.15) is 24.8 Å². The molecule has 1 aromatic rings. The fourth-order valence-electron chi connectivity index (χ4n) is 3.17. The van der Waals surface area contributed by atoms with Crippen LogP contribution in [0.5, 0.6) is 5.75 Å². The Labute approximate surface area is 131 Å². The van der Waals surface area contributed by atoms with Gasteiger partial charge < -0.3 is 14.4 Å². The minimum atomic E-state index is -0.198. The Balaban J connectivity index is 1.48. The zero-order valence-corrected chi connectivity index (χ0v) is 13.2. The van der Waals surface area contributed by atoms with Gasteiger partial charge in [-0.1, -0.05) is 18.2 Å². The number of nitrogens with zero attached hydrogens (tertiary/aromatic N) is 1. The zero-order chi connectivity index (χ0) is 15.4. The van der Waals surface area contributed by atoms with E-state index in [0.717, 1.165) is 31.1 Å². The second-order valence-corrected chi connectivity index (χ2v) is 6.27. The molecule has 0 radical (unpaired) electrons. The molecular formula is C17H25N2O3+. The number of rotatable bonds is 5. The molecule has 0 unspecified atom stereocenters. The maximum Gasteiger partial charge on any atom is 0.414 e. The fraction of sp³-hybridized carbons (Fsp3) is 0.588. The highest BCUT2D eigenvalue weighted by Gasteiger charge is 2.34. The summed E-state index contributed by atoms with van der Waals surface area (Å²) in [5.41, 5.74) is 1.10. The van der Waals surface area contributed by atoms with E-state index < -0.39 is 0 Å². The summed E-state index contributed by atoms with van der Waals surface area (Å²) in [4.78, 5) is 15.3. The van der Waals surface area contributed by atoms with Crippen molar-refractivity contribution < 1.29 is 19.2 Å². The number of amides is 1. The summed E-state index contributed by atoms with van der Waals surface area (Å²) in [7, 11) is 0. The molecule has 2 saturated heterocycles. The van der Waals surface area contributed by atoms with Crippen LogP contribution in [0.2, 0.25) is 0 Å². The molecule has 22 heavy (non-hydrogen) atoms. The van der Waals surface area contributed by atoms with Crippen molar-refractivity contribution in [2.75, 3.05) is 32.9 Å². The van der Waals surface area contributed by atoms with E-state index in [1.54, 1.807) is 0 Å². The monoisotopic (exact) mass is 305 g/mol. The number of quaternary nitrogens is 1. The van der Waals surface area contributed by atoms with E-state index in [4.69, 9.17) is 9.47 Å². The molecule has 1 amide bonds. The van der Waals surface area contributed by atoms with Gasteiger partial charge in [0, 0.05) is 0 Å². The van der Waals surface area contributed by atoms with E-state index in [-0.39, 0.29) is 12.2 Å². The Morgan fingerprint density at radius 2 is 2.05 bits per heavy atom. The van der Waals surface area contributed by atoms with Crippen LogP contribution in [0.25, 0.3) is 0 Å². The Kier molecular flexibility index (Phi) is 4.83. The third kappa shape index (κ3) is 3.71. The van der Waals surface area contributed by atoms with Crippen molar-refractivity contribution in [3.8, 4) is 5.75 Å². The maximum absolute atomic E-state index is 12.0. The first kappa shape index (κ1) is 15.2. The minimum Gasteiger partial charge on any atom is -0.489 e. The normalized spacial score (nSPS) is 22.7. The largest absolute Gasteiger partial charge is 0.489 e. The van der Waals surface area contributed by atoms with E-state index in [1.165, 1.54) is 24.2 Å². The van der Waals surface area contributed by atoms with E-state index in [0.29, 0.717) is 13.2 Å². The molecule has 1 atom stereocenters. The highest BCUT2D eigenvalue weighted by Crippen LogP contribution is 2.18. The van der Waals surface area contributed by atoms with Gasteiger partial charge in [0.25, 0.3) is 0 Å². The quantitative estimate of drug-likeness (QED) is 0.889. The van der Waals surface area contributed by atoms with E-state index in [9.17, 15) is 4.79 Å². The van der Waals surface area contributed by atoms with Crippen LogP contribution in [0.15, 0.2) is 24.3 Å². The SMILES string of the molecule is Cc1ccccc1OC[C@H]1CN(C[NH+]2CCCCC2)C(=O)O1. The zero-order valence-electron chi connectivity index (χ0n) is 13.2. The average Bonchev–Trinajstić information content (AvgIpc) is 2.88. The molecule has 3 rings (SSSR count). The third-order valence-corrected chi connectivity index (χ3v) is 4.44. The van der Waals surface area contributed by atoms with Gasteiger partial charge in [0.1, 0.15) is 12.4 Å². The number of carbonyl (C=O) groups is 1. The first-order chi connectivity index (χ1) is 10.7. The Morgan fingerprint density at radius 1 is 1.27 bits per heavy atom. The smallest absolute Gasteiger partial charge is 0.414 e. The Morgan fingerprint density at radius 3 is 2.82 bits per heavy atom. The molecule has 2 aliphatic rings. The number of hydrogen-bond acceptors (Lipinski definition) is 3. The number of likely N-dealkylation sites (tertiary alicyclic amines) is 1. The number of para-hydroxylation sites is 1. The van der Waals surface area contributed by atoms with Crippen molar-refractivity contribution in [3.05, 3.63) is 29.8 Å². The van der Waals surface area contributed by atoms with Crippen molar-refractivity contribution in [1.29, 1.82) is 0 Å². The molecule has 2 heterocycles. The van der Waals surface area contributed by atoms with Crippen LogP contribution in [-0.2, 0) is 4.74 Å². The first-order valence-electron chi connectivity index (χ1n) is 8.20. The van der Waals surface area contributed by atoms with Crippen LogP contribution >= 0.6 is 0 Å². The number of piperidine rings is 1. The number of benzene rings is 1. The van der Waals surface area contributed by atoms with Gasteiger partial charge in [0.2, 0.25) is 0 Å². The summed E-state index contributed by atoms with van der Waals surface area (Å²) in [5, 5.41) is 0. The van der Waals surface area contributed by atoms with Gasteiger partial charge in [0.05, 0.1) is 19.6 Å². The molecule has 0 aromatic heterocycles. The van der Waals surface area contributed by atoms with Crippen molar-refractivity contribution in [2.45, 2.75) is 32.3 Å². The highest BCUT2D eigenvalue weighted by atomic mass is 16.6. The molecule has 0 spiro atoms. The predicted molar refractivity (Wildman–Crippen MR) is 83.1 cm³/mol. The Bertz CT molecular complexity index is 514. The lowest BCUT2D eigenvalue weighted by Gasteiger charge is -2.26. The molecule has 0 bridgehead atoms. The van der Waals surface area contributed by atoms with Crippen LogP contribution in [0.4, 0.5) is 4.79 Å². The van der Waals surface area contributed by atoms with Crippen molar-refractivity contribution in [1.82, 2.24) is 4.90 Å². The summed E-state index contributed by atoms with van der Waals surface area (Å²) in [6.07, 6.45) is 3.48. The highest BCUT2D eigenvalue weighted by molar-refractivity contribution is 5.69. The van der Waals surface area contributed by atoms with Gasteiger partial charge >= 0.3 is 6.09 Å². The number of nitrogens with one attached hydrogen (secondary N) is 1. The molecule has 2 fully saturated rings. The summed E-state index contributed by atoms with van der Waals surface area (Å²) in [5.74, 6) is 0.860. The van der Waals surface area contributed by atoms with Gasteiger partial charge in [-0.15, -0.1) is 0 Å². The predicted octanol–water partition coefficient (Wildman–Crippen LogP) is 1.22. The number of ether oxygens (including phenoxy) is 2. The summed E-state index contributed by atoms with van der Waals surface area (Å²) < 4.78 is 11.2. The van der Waals surface area contributed by atoms with Crippen LogP contribution in [0, 0.1) is 6.92 Å². The molecule has 2 aliphatic heterocycles. The van der Waals surface area contributed by atoms with Crippen molar-refractivity contribution in [3.63, 3.8) is 0 Å². The molecule has 5 nitrogen and oxygen atoms in total. The minimum absolute atomic E-state index is 0.170. The molecule has 5 heteroatoms. The number of hydrogen-bond donors (Lipinski definition) is 1. The van der Waals surface area contributed by atoms with Crippen LogP contribution in [0.3, 0.4) is 0 Å². The summed E-state index contributed by atoms with van der Waals surface area (Å²) in [6, 6.07) is 7.90.